The summed E-state index contributed by atoms with van der Waals surface area (Å²) in [4.78, 5) is 22.7. The van der Waals surface area contributed by atoms with Crippen molar-refractivity contribution in [2.24, 2.45) is 0 Å². The average Bonchev–Trinajstić information content (AvgIpc) is 2.60. The number of sulfonamides is 1. The van der Waals surface area contributed by atoms with E-state index in [9.17, 15) is 18.0 Å². The number of carbonyl (C=O) groups is 2. The van der Waals surface area contributed by atoms with Gasteiger partial charge in [0.25, 0.3) is 0 Å². The summed E-state index contributed by atoms with van der Waals surface area (Å²) >= 11 is 0. The first-order valence-corrected chi connectivity index (χ1v) is 9.78. The predicted molar refractivity (Wildman–Crippen MR) is 103 cm³/mol. The summed E-state index contributed by atoms with van der Waals surface area (Å²) in [5, 5.41) is 8.56. The van der Waals surface area contributed by atoms with Crippen LogP contribution >= 0.6 is 0 Å². The van der Waals surface area contributed by atoms with Crippen molar-refractivity contribution in [2.75, 3.05) is 6.54 Å². The second kappa shape index (κ2) is 8.75. The number of carbonyl (C=O) groups excluding carboxylic acids is 1. The van der Waals surface area contributed by atoms with Crippen LogP contribution in [0.3, 0.4) is 0 Å². The van der Waals surface area contributed by atoms with Crippen LogP contribution in [0, 0.1) is 13.8 Å². The standard InChI is InChI=1S/C20H21NO5S/c1-14-3-4-16(15(2)13-14)7-10-19(22)17-5-8-18(9-6-17)27(25,26)21-12-11-20(23)24/h3-10,13,21H,11-12H2,1-2H3,(H,23,24)/b10-7+. The summed E-state index contributed by atoms with van der Waals surface area (Å²) in [6.07, 6.45) is 2.88. The highest BCUT2D eigenvalue weighted by Gasteiger charge is 2.14. The van der Waals surface area contributed by atoms with Crippen molar-refractivity contribution < 1.29 is 23.1 Å². The number of carboxylic acids is 1. The number of aryl methyl sites for hydroxylation is 2. The number of aliphatic carboxylic acids is 1. The monoisotopic (exact) mass is 387 g/mol. The average molecular weight is 387 g/mol. The SMILES string of the molecule is Cc1ccc(/C=C/C(=O)c2ccc(S(=O)(=O)NCCC(=O)O)cc2)c(C)c1. The zero-order valence-electron chi connectivity index (χ0n) is 15.1. The van der Waals surface area contributed by atoms with Gasteiger partial charge in [-0.2, -0.15) is 0 Å². The maximum absolute atomic E-state index is 12.3. The molecule has 0 aliphatic heterocycles. The molecule has 2 aromatic rings. The molecular formula is C20H21NO5S. The topological polar surface area (TPSA) is 101 Å². The van der Waals surface area contributed by atoms with E-state index in [1.807, 2.05) is 32.0 Å². The molecule has 0 atom stereocenters. The fourth-order valence-electron chi connectivity index (χ4n) is 2.45. The minimum atomic E-state index is -3.81. The minimum absolute atomic E-state index is 0.0252. The third-order valence-electron chi connectivity index (χ3n) is 3.92. The predicted octanol–water partition coefficient (Wildman–Crippen LogP) is 2.95. The second-order valence-corrected chi connectivity index (χ2v) is 7.89. The Hall–Kier alpha value is -2.77. The summed E-state index contributed by atoms with van der Waals surface area (Å²) in [6, 6.07) is 11.4. The molecule has 0 saturated carbocycles. The molecule has 2 aromatic carbocycles. The zero-order chi connectivity index (χ0) is 20.0. The number of hydrogen-bond donors (Lipinski definition) is 2. The highest BCUT2D eigenvalue weighted by atomic mass is 32.2. The number of nitrogens with one attached hydrogen (secondary N) is 1. The minimum Gasteiger partial charge on any atom is -0.481 e. The van der Waals surface area contributed by atoms with Crippen molar-refractivity contribution in [3.05, 3.63) is 70.8 Å². The fourth-order valence-corrected chi connectivity index (χ4v) is 3.48. The van der Waals surface area contributed by atoms with Crippen molar-refractivity contribution >= 4 is 27.9 Å². The Kier molecular flexibility index (Phi) is 6.65. The second-order valence-electron chi connectivity index (χ2n) is 6.12. The largest absolute Gasteiger partial charge is 0.481 e. The molecule has 0 bridgehead atoms. The molecular weight excluding hydrogens is 366 g/mol. The van der Waals surface area contributed by atoms with Gasteiger partial charge in [-0.05, 0) is 55.3 Å². The van der Waals surface area contributed by atoms with Crippen LogP contribution in [0.25, 0.3) is 6.08 Å². The molecule has 0 aromatic heterocycles. The first kappa shape index (κ1) is 20.5. The highest BCUT2D eigenvalue weighted by molar-refractivity contribution is 7.89. The van der Waals surface area contributed by atoms with Gasteiger partial charge in [-0.15, -0.1) is 0 Å². The van der Waals surface area contributed by atoms with E-state index in [1.54, 1.807) is 6.08 Å². The van der Waals surface area contributed by atoms with Gasteiger partial charge in [-0.3, -0.25) is 9.59 Å². The lowest BCUT2D eigenvalue weighted by Crippen LogP contribution is -2.26. The molecule has 0 fully saturated rings. The molecule has 0 aliphatic carbocycles. The zero-order valence-corrected chi connectivity index (χ0v) is 15.9. The Morgan fingerprint density at radius 3 is 2.33 bits per heavy atom. The van der Waals surface area contributed by atoms with Crippen LogP contribution in [-0.4, -0.2) is 31.8 Å². The van der Waals surface area contributed by atoms with Gasteiger partial charge >= 0.3 is 5.97 Å². The smallest absolute Gasteiger partial charge is 0.304 e. The lowest BCUT2D eigenvalue weighted by molar-refractivity contribution is -0.136. The quantitative estimate of drug-likeness (QED) is 0.536. The Balaban J connectivity index is 2.08. The number of benzene rings is 2. The summed E-state index contributed by atoms with van der Waals surface area (Å²) < 4.78 is 26.3. The molecule has 0 spiro atoms. The van der Waals surface area contributed by atoms with Crippen LogP contribution in [0.5, 0.6) is 0 Å². The number of carboxylic acid groups (broad SMARTS) is 1. The molecule has 0 heterocycles. The Labute approximate surface area is 158 Å². The molecule has 0 saturated heterocycles. The number of rotatable bonds is 8. The van der Waals surface area contributed by atoms with Crippen molar-refractivity contribution in [3.8, 4) is 0 Å². The van der Waals surface area contributed by atoms with Gasteiger partial charge in [0.2, 0.25) is 10.0 Å². The summed E-state index contributed by atoms with van der Waals surface area (Å²) in [5.41, 5.74) is 3.51. The molecule has 0 radical (unpaired) electrons. The van der Waals surface area contributed by atoms with Gasteiger partial charge < -0.3 is 5.11 Å². The van der Waals surface area contributed by atoms with Gasteiger partial charge in [0.15, 0.2) is 5.78 Å². The summed E-state index contributed by atoms with van der Waals surface area (Å²) in [6.45, 7) is 3.77. The molecule has 2 N–H and O–H groups in total. The van der Waals surface area contributed by atoms with Crippen LogP contribution in [0.15, 0.2) is 53.4 Å². The van der Waals surface area contributed by atoms with E-state index in [2.05, 4.69) is 4.72 Å². The number of hydrogen-bond acceptors (Lipinski definition) is 4. The van der Waals surface area contributed by atoms with Crippen molar-refractivity contribution in [2.45, 2.75) is 25.2 Å². The summed E-state index contributed by atoms with van der Waals surface area (Å²) in [7, 11) is -3.81. The van der Waals surface area contributed by atoms with E-state index >= 15 is 0 Å². The number of ketones is 1. The lowest BCUT2D eigenvalue weighted by atomic mass is 10.0. The van der Waals surface area contributed by atoms with E-state index in [4.69, 9.17) is 5.11 Å². The first-order chi connectivity index (χ1) is 12.7. The van der Waals surface area contributed by atoms with E-state index in [0.29, 0.717) is 5.56 Å². The molecule has 0 unspecified atom stereocenters. The Morgan fingerprint density at radius 1 is 1.07 bits per heavy atom. The normalized spacial score (nSPS) is 11.6. The fraction of sp³-hybridized carbons (Fsp3) is 0.200. The van der Waals surface area contributed by atoms with Gasteiger partial charge in [0.05, 0.1) is 11.3 Å². The van der Waals surface area contributed by atoms with E-state index in [1.165, 1.54) is 30.3 Å². The maximum Gasteiger partial charge on any atom is 0.304 e. The summed E-state index contributed by atoms with van der Waals surface area (Å²) in [5.74, 6) is -1.33. The Bertz CT molecular complexity index is 976. The van der Waals surface area contributed by atoms with Crippen LogP contribution in [0.1, 0.15) is 33.5 Å². The van der Waals surface area contributed by atoms with Crippen LogP contribution in [-0.2, 0) is 14.8 Å². The molecule has 7 heteroatoms. The third-order valence-corrected chi connectivity index (χ3v) is 5.40. The molecule has 6 nitrogen and oxygen atoms in total. The van der Waals surface area contributed by atoms with Gasteiger partial charge in [-0.25, -0.2) is 13.1 Å². The maximum atomic E-state index is 12.3. The van der Waals surface area contributed by atoms with E-state index in [0.717, 1.165) is 16.7 Å². The first-order valence-electron chi connectivity index (χ1n) is 8.30. The molecule has 0 amide bonds. The molecule has 0 aliphatic rings. The molecule has 27 heavy (non-hydrogen) atoms. The van der Waals surface area contributed by atoms with Crippen LogP contribution in [0.4, 0.5) is 0 Å². The van der Waals surface area contributed by atoms with Gasteiger partial charge in [0.1, 0.15) is 0 Å². The van der Waals surface area contributed by atoms with Crippen LogP contribution < -0.4 is 4.72 Å². The van der Waals surface area contributed by atoms with E-state index < -0.39 is 16.0 Å². The van der Waals surface area contributed by atoms with Crippen molar-refractivity contribution in [3.63, 3.8) is 0 Å². The van der Waals surface area contributed by atoms with Crippen LogP contribution in [0.2, 0.25) is 0 Å². The highest BCUT2D eigenvalue weighted by Crippen LogP contribution is 2.14. The Morgan fingerprint density at radius 2 is 1.74 bits per heavy atom. The lowest BCUT2D eigenvalue weighted by Gasteiger charge is -2.06. The van der Waals surface area contributed by atoms with Crippen molar-refractivity contribution in [1.82, 2.24) is 4.72 Å². The van der Waals surface area contributed by atoms with E-state index in [-0.39, 0.29) is 23.6 Å². The third kappa shape index (κ3) is 5.87. The van der Waals surface area contributed by atoms with Gasteiger partial charge in [0, 0.05) is 12.1 Å². The number of allylic oxidation sites excluding steroid dienone is 1. The van der Waals surface area contributed by atoms with Gasteiger partial charge in [-0.1, -0.05) is 29.8 Å². The molecule has 142 valence electrons. The van der Waals surface area contributed by atoms with Crippen molar-refractivity contribution in [1.29, 1.82) is 0 Å². The molecule has 2 rings (SSSR count).